The average molecular weight is 600 g/mol. The van der Waals surface area contributed by atoms with E-state index in [1.54, 1.807) is 6.20 Å². The summed E-state index contributed by atoms with van der Waals surface area (Å²) in [4.78, 5) is 62.7. The predicted octanol–water partition coefficient (Wildman–Crippen LogP) is 3.54. The fourth-order valence-corrected chi connectivity index (χ4v) is 4.08. The van der Waals surface area contributed by atoms with E-state index in [-0.39, 0.29) is 29.6 Å². The predicted molar refractivity (Wildman–Crippen MR) is 145 cm³/mol. The molecular formula is C27H26BrN3O8. The van der Waals surface area contributed by atoms with Crippen LogP contribution in [0.3, 0.4) is 0 Å². The maximum Gasteiger partial charge on any atom is 0.308 e. The summed E-state index contributed by atoms with van der Waals surface area (Å²) in [6.45, 7) is 4.76. The molecule has 0 aliphatic rings. The fraction of sp³-hybridized carbons (Fsp3) is 0.222. The van der Waals surface area contributed by atoms with Gasteiger partial charge in [-0.25, -0.2) is 0 Å². The molecule has 2 amide bonds. The van der Waals surface area contributed by atoms with E-state index in [0.717, 1.165) is 41.7 Å². The number of nitrogens with one attached hydrogen (secondary N) is 3. The number of rotatable bonds is 9. The lowest BCUT2D eigenvalue weighted by Crippen LogP contribution is -2.46. The van der Waals surface area contributed by atoms with Gasteiger partial charge < -0.3 is 29.8 Å². The van der Waals surface area contributed by atoms with Gasteiger partial charge in [0, 0.05) is 61.9 Å². The molecule has 0 saturated heterocycles. The van der Waals surface area contributed by atoms with Gasteiger partial charge in [0.25, 0.3) is 0 Å². The van der Waals surface area contributed by atoms with Crippen LogP contribution in [0.2, 0.25) is 0 Å². The van der Waals surface area contributed by atoms with Crippen molar-refractivity contribution in [2.75, 3.05) is 0 Å². The molecular weight excluding hydrogens is 574 g/mol. The summed E-state index contributed by atoms with van der Waals surface area (Å²) >= 11 is 3.42. The van der Waals surface area contributed by atoms with Gasteiger partial charge in [-0.15, -0.1) is 0 Å². The van der Waals surface area contributed by atoms with Crippen LogP contribution in [0, 0.1) is 0 Å². The van der Waals surface area contributed by atoms with E-state index >= 15 is 0 Å². The Bertz CT molecular complexity index is 1440. The summed E-state index contributed by atoms with van der Waals surface area (Å²) in [6, 6.07) is 7.56. The zero-order chi connectivity index (χ0) is 28.7. The molecule has 1 aromatic heterocycles. The molecule has 1 unspecified atom stereocenters. The summed E-state index contributed by atoms with van der Waals surface area (Å²) < 4.78 is 16.3. The number of carbonyl (C=O) groups is 5. The Hall–Kier alpha value is -4.45. The third-order valence-electron chi connectivity index (χ3n) is 5.15. The van der Waals surface area contributed by atoms with Gasteiger partial charge in [0.05, 0.1) is 0 Å². The number of aromatic amines is 1. The van der Waals surface area contributed by atoms with Crippen LogP contribution in [0.5, 0.6) is 17.2 Å². The lowest BCUT2D eigenvalue weighted by atomic mass is 10.0. The average Bonchev–Trinajstić information content (AvgIpc) is 3.21. The number of carbonyl (C=O) groups excluding carboxylic acids is 5. The first-order chi connectivity index (χ1) is 18.4. The molecule has 204 valence electrons. The lowest BCUT2D eigenvalue weighted by Gasteiger charge is -2.16. The van der Waals surface area contributed by atoms with Gasteiger partial charge in [-0.1, -0.05) is 22.0 Å². The van der Waals surface area contributed by atoms with Crippen molar-refractivity contribution in [2.45, 2.75) is 40.2 Å². The highest BCUT2D eigenvalue weighted by Crippen LogP contribution is 2.39. The number of hydrogen-bond acceptors (Lipinski definition) is 8. The highest BCUT2D eigenvalue weighted by atomic mass is 79.9. The molecule has 3 aromatic rings. The maximum absolute atomic E-state index is 13.0. The Balaban J connectivity index is 1.85. The molecule has 12 heteroatoms. The van der Waals surface area contributed by atoms with Crippen molar-refractivity contribution in [1.82, 2.24) is 15.6 Å². The van der Waals surface area contributed by atoms with Crippen LogP contribution in [-0.2, 0) is 30.4 Å². The molecule has 0 radical (unpaired) electrons. The number of hydrogen-bond donors (Lipinski definition) is 3. The highest BCUT2D eigenvalue weighted by molar-refractivity contribution is 9.10. The Labute approximate surface area is 232 Å². The first kappa shape index (κ1) is 29.1. The van der Waals surface area contributed by atoms with Crippen LogP contribution in [0.1, 0.15) is 38.8 Å². The molecule has 0 spiro atoms. The minimum Gasteiger partial charge on any atom is -0.423 e. The third kappa shape index (κ3) is 8.27. The normalized spacial score (nSPS) is 11.6. The maximum atomic E-state index is 13.0. The van der Waals surface area contributed by atoms with Crippen molar-refractivity contribution >= 4 is 62.6 Å². The van der Waals surface area contributed by atoms with Crippen molar-refractivity contribution in [2.24, 2.45) is 0 Å². The van der Waals surface area contributed by atoms with Crippen molar-refractivity contribution in [3.8, 4) is 17.2 Å². The van der Waals surface area contributed by atoms with Gasteiger partial charge in [0.2, 0.25) is 17.6 Å². The number of benzene rings is 2. The number of esters is 3. The van der Waals surface area contributed by atoms with Crippen LogP contribution < -0.4 is 24.8 Å². The highest BCUT2D eigenvalue weighted by Gasteiger charge is 2.22. The molecule has 39 heavy (non-hydrogen) atoms. The second-order valence-corrected chi connectivity index (χ2v) is 9.35. The molecule has 0 aliphatic carbocycles. The Morgan fingerprint density at radius 3 is 2.10 bits per heavy atom. The van der Waals surface area contributed by atoms with Crippen LogP contribution in [0.4, 0.5) is 0 Å². The summed E-state index contributed by atoms with van der Waals surface area (Å²) in [7, 11) is 0. The molecule has 2 aromatic carbocycles. The summed E-state index contributed by atoms with van der Waals surface area (Å²) in [6.07, 6.45) is 4.78. The largest absolute Gasteiger partial charge is 0.423 e. The van der Waals surface area contributed by atoms with Crippen molar-refractivity contribution in [1.29, 1.82) is 0 Å². The minimum atomic E-state index is -0.880. The number of amides is 2. The Kier molecular flexibility index (Phi) is 9.61. The Morgan fingerprint density at radius 2 is 1.54 bits per heavy atom. The van der Waals surface area contributed by atoms with Crippen LogP contribution >= 0.6 is 15.9 Å². The summed E-state index contributed by atoms with van der Waals surface area (Å²) in [5.74, 6) is -3.55. The number of halogens is 1. The SMILES string of the molecule is CC(=O)NC(Cc1c[nH]c2cc(Br)ccc12)C(=O)N/C=C/c1cc(OC(C)=O)c(OC(C)=O)c(OC(C)=O)c1. The van der Waals surface area contributed by atoms with E-state index in [1.165, 1.54) is 31.3 Å². The van der Waals surface area contributed by atoms with Gasteiger partial charge in [-0.2, -0.15) is 0 Å². The zero-order valence-electron chi connectivity index (χ0n) is 21.5. The van der Waals surface area contributed by atoms with Crippen molar-refractivity contribution in [3.05, 3.63) is 58.3 Å². The summed E-state index contributed by atoms with van der Waals surface area (Å²) in [5, 5.41) is 6.20. The standard InChI is InChI=1S/C27H26BrN3O8/c1-14(32)31-23(11-19-13-30-22-12-20(28)5-6-21(19)22)27(36)29-8-7-18-9-24(37-15(2)33)26(39-17(4)35)25(10-18)38-16(3)34/h5-10,12-13,23,30H,11H2,1-4H3,(H,29,36)(H,31,32)/b8-7+. The second-order valence-electron chi connectivity index (χ2n) is 8.43. The topological polar surface area (TPSA) is 153 Å². The molecule has 0 bridgehead atoms. The molecule has 1 heterocycles. The summed E-state index contributed by atoms with van der Waals surface area (Å²) in [5.41, 5.74) is 2.07. The lowest BCUT2D eigenvalue weighted by molar-refractivity contribution is -0.135. The molecule has 3 rings (SSSR count). The zero-order valence-corrected chi connectivity index (χ0v) is 23.1. The number of fused-ring (bicyclic) bond motifs is 1. The quantitative estimate of drug-likeness (QED) is 0.249. The third-order valence-corrected chi connectivity index (χ3v) is 5.64. The van der Waals surface area contributed by atoms with Gasteiger partial charge in [-0.3, -0.25) is 24.0 Å². The molecule has 11 nitrogen and oxygen atoms in total. The van der Waals surface area contributed by atoms with Gasteiger partial charge in [0.1, 0.15) is 6.04 Å². The van der Waals surface area contributed by atoms with E-state index in [9.17, 15) is 24.0 Å². The first-order valence-corrected chi connectivity index (χ1v) is 12.4. The van der Waals surface area contributed by atoms with Crippen LogP contribution in [-0.4, -0.2) is 40.7 Å². The molecule has 3 N–H and O–H groups in total. The Morgan fingerprint density at radius 1 is 0.923 bits per heavy atom. The number of H-pyrrole nitrogens is 1. The molecule has 0 saturated carbocycles. The van der Waals surface area contributed by atoms with Crippen molar-refractivity contribution < 1.29 is 38.2 Å². The molecule has 0 fully saturated rings. The van der Waals surface area contributed by atoms with Gasteiger partial charge in [0.15, 0.2) is 11.5 Å². The number of aromatic nitrogens is 1. The first-order valence-electron chi connectivity index (χ1n) is 11.7. The van der Waals surface area contributed by atoms with E-state index in [2.05, 4.69) is 31.5 Å². The van der Waals surface area contributed by atoms with E-state index in [0.29, 0.717) is 5.56 Å². The fourth-order valence-electron chi connectivity index (χ4n) is 3.72. The molecule has 1 atom stereocenters. The second kappa shape index (κ2) is 12.9. The van der Waals surface area contributed by atoms with E-state index < -0.39 is 29.9 Å². The monoisotopic (exact) mass is 599 g/mol. The van der Waals surface area contributed by atoms with Crippen LogP contribution in [0.15, 0.2) is 47.2 Å². The smallest absolute Gasteiger partial charge is 0.308 e. The van der Waals surface area contributed by atoms with Crippen molar-refractivity contribution in [3.63, 3.8) is 0 Å². The van der Waals surface area contributed by atoms with Crippen LogP contribution in [0.25, 0.3) is 17.0 Å². The molecule has 0 aliphatic heterocycles. The minimum absolute atomic E-state index is 0.162. The van der Waals surface area contributed by atoms with E-state index in [4.69, 9.17) is 14.2 Å². The van der Waals surface area contributed by atoms with E-state index in [1.807, 2.05) is 18.2 Å². The number of ether oxygens (including phenoxy) is 3. The van der Waals surface area contributed by atoms with Gasteiger partial charge >= 0.3 is 17.9 Å². The van der Waals surface area contributed by atoms with Gasteiger partial charge in [-0.05, 0) is 41.5 Å².